The van der Waals surface area contributed by atoms with Crippen molar-refractivity contribution in [3.8, 4) is 5.75 Å². The molecule has 0 aliphatic heterocycles. The number of carbonyl (C=O) groups excluding carboxylic acids is 1. The average molecular weight is 436 g/mol. The van der Waals surface area contributed by atoms with E-state index in [4.69, 9.17) is 4.74 Å². The normalized spacial score (nSPS) is 10.4. The molecule has 32 heavy (non-hydrogen) atoms. The monoisotopic (exact) mass is 436 g/mol. The van der Waals surface area contributed by atoms with E-state index in [2.05, 4.69) is 11.9 Å². The molecule has 2 N–H and O–H groups in total. The van der Waals surface area contributed by atoms with Crippen molar-refractivity contribution < 1.29 is 23.8 Å². The lowest BCUT2D eigenvalue weighted by Gasteiger charge is -2.16. The molecule has 3 aromatic rings. The smallest absolute Gasteiger partial charge is 0.356 e. The molecule has 1 heterocycles. The SMILES string of the molecule is C=CCn1cc(C(=O)NCc2ccc(F)cc2)c(=O)c(OCc2ccccc2)c1C(=O)O. The minimum Gasteiger partial charge on any atom is -0.482 e. The van der Waals surface area contributed by atoms with E-state index >= 15 is 0 Å². The maximum Gasteiger partial charge on any atom is 0.356 e. The number of nitrogens with zero attached hydrogens (tertiary/aromatic N) is 1. The molecule has 1 amide bonds. The van der Waals surface area contributed by atoms with Gasteiger partial charge in [0, 0.05) is 19.3 Å². The molecule has 0 aliphatic carbocycles. The van der Waals surface area contributed by atoms with E-state index in [9.17, 15) is 23.9 Å². The third kappa shape index (κ3) is 5.28. The summed E-state index contributed by atoms with van der Waals surface area (Å²) >= 11 is 0. The van der Waals surface area contributed by atoms with Crippen LogP contribution in [0.25, 0.3) is 0 Å². The molecule has 0 atom stereocenters. The van der Waals surface area contributed by atoms with Crippen molar-refractivity contribution in [3.63, 3.8) is 0 Å². The second kappa shape index (κ2) is 10.2. The number of carboxylic acids is 1. The van der Waals surface area contributed by atoms with Crippen LogP contribution in [0.5, 0.6) is 5.75 Å². The Labute approximate surface area is 183 Å². The fourth-order valence-corrected chi connectivity index (χ4v) is 3.05. The number of carbonyl (C=O) groups is 2. The lowest BCUT2D eigenvalue weighted by Crippen LogP contribution is -2.32. The van der Waals surface area contributed by atoms with E-state index in [0.29, 0.717) is 5.56 Å². The zero-order valence-electron chi connectivity index (χ0n) is 17.1. The van der Waals surface area contributed by atoms with E-state index in [-0.39, 0.29) is 31.0 Å². The maximum absolute atomic E-state index is 13.1. The molecule has 0 saturated carbocycles. The van der Waals surface area contributed by atoms with Gasteiger partial charge in [-0.1, -0.05) is 48.5 Å². The molecule has 2 aromatic carbocycles. The fourth-order valence-electron chi connectivity index (χ4n) is 3.05. The van der Waals surface area contributed by atoms with E-state index in [0.717, 1.165) is 5.56 Å². The second-order valence-electron chi connectivity index (χ2n) is 6.88. The van der Waals surface area contributed by atoms with Crippen LogP contribution in [0.2, 0.25) is 0 Å². The lowest BCUT2D eigenvalue weighted by atomic mass is 10.1. The first-order valence-corrected chi connectivity index (χ1v) is 9.71. The molecular weight excluding hydrogens is 415 g/mol. The Bertz CT molecular complexity index is 1190. The van der Waals surface area contributed by atoms with Crippen LogP contribution in [-0.2, 0) is 19.7 Å². The predicted molar refractivity (Wildman–Crippen MR) is 116 cm³/mol. The zero-order valence-corrected chi connectivity index (χ0v) is 17.1. The van der Waals surface area contributed by atoms with Gasteiger partial charge in [0.1, 0.15) is 18.0 Å². The highest BCUT2D eigenvalue weighted by Crippen LogP contribution is 2.18. The van der Waals surface area contributed by atoms with Crippen LogP contribution in [0.3, 0.4) is 0 Å². The van der Waals surface area contributed by atoms with Crippen molar-refractivity contribution in [1.29, 1.82) is 0 Å². The Balaban J connectivity index is 1.95. The molecule has 0 bridgehead atoms. The Hall–Kier alpha value is -4.20. The number of hydrogen-bond donors (Lipinski definition) is 2. The highest BCUT2D eigenvalue weighted by Gasteiger charge is 2.25. The van der Waals surface area contributed by atoms with Gasteiger partial charge >= 0.3 is 5.97 Å². The summed E-state index contributed by atoms with van der Waals surface area (Å²) in [7, 11) is 0. The molecule has 164 valence electrons. The molecular formula is C24H21FN2O5. The van der Waals surface area contributed by atoms with Gasteiger partial charge in [-0.25, -0.2) is 9.18 Å². The van der Waals surface area contributed by atoms with Crippen molar-refractivity contribution in [2.24, 2.45) is 0 Å². The first-order chi connectivity index (χ1) is 15.4. The number of nitrogens with one attached hydrogen (secondary N) is 1. The molecule has 0 aliphatic rings. The van der Waals surface area contributed by atoms with E-state index in [1.807, 2.05) is 6.07 Å². The molecule has 7 nitrogen and oxygen atoms in total. The summed E-state index contributed by atoms with van der Waals surface area (Å²) in [5, 5.41) is 12.3. The number of carboxylic acid groups (broad SMARTS) is 1. The topological polar surface area (TPSA) is 97.6 Å². The largest absolute Gasteiger partial charge is 0.482 e. The number of allylic oxidation sites excluding steroid dienone is 1. The standard InChI is InChI=1S/C24H21FN2O5/c1-2-12-27-14-19(23(29)26-13-16-8-10-18(25)11-9-16)21(28)22(20(27)24(30)31)32-15-17-6-4-3-5-7-17/h2-11,14H,1,12-13,15H2,(H,26,29)(H,30,31). The first kappa shape index (κ1) is 22.5. The Morgan fingerprint density at radius 2 is 1.78 bits per heavy atom. The molecule has 0 radical (unpaired) electrons. The molecule has 0 spiro atoms. The van der Waals surface area contributed by atoms with Gasteiger partial charge in [0.15, 0.2) is 11.4 Å². The van der Waals surface area contributed by atoms with Crippen molar-refractivity contribution in [2.45, 2.75) is 19.7 Å². The second-order valence-corrected chi connectivity index (χ2v) is 6.88. The fraction of sp³-hybridized carbons (Fsp3) is 0.125. The average Bonchev–Trinajstić information content (AvgIpc) is 2.79. The van der Waals surface area contributed by atoms with Gasteiger partial charge in [-0.05, 0) is 23.3 Å². The van der Waals surface area contributed by atoms with Gasteiger partial charge in [0.05, 0.1) is 0 Å². The minimum atomic E-state index is -1.37. The minimum absolute atomic E-state index is 0.0435. The first-order valence-electron chi connectivity index (χ1n) is 9.71. The summed E-state index contributed by atoms with van der Waals surface area (Å²) in [6.07, 6.45) is 2.61. The Morgan fingerprint density at radius 3 is 2.41 bits per heavy atom. The summed E-state index contributed by atoms with van der Waals surface area (Å²) in [6.45, 7) is 3.65. The highest BCUT2D eigenvalue weighted by molar-refractivity contribution is 5.96. The van der Waals surface area contributed by atoms with Crippen LogP contribution in [0.4, 0.5) is 4.39 Å². The number of amides is 1. The predicted octanol–water partition coefficient (Wildman–Crippen LogP) is 3.38. The van der Waals surface area contributed by atoms with Crippen molar-refractivity contribution in [2.75, 3.05) is 0 Å². The third-order valence-electron chi connectivity index (χ3n) is 4.60. The van der Waals surface area contributed by atoms with Crippen molar-refractivity contribution in [3.05, 3.63) is 112 Å². The molecule has 8 heteroatoms. The lowest BCUT2D eigenvalue weighted by molar-refractivity contribution is 0.0676. The summed E-state index contributed by atoms with van der Waals surface area (Å²) < 4.78 is 19.9. The van der Waals surface area contributed by atoms with Crippen LogP contribution in [0.1, 0.15) is 32.0 Å². The molecule has 0 unspecified atom stereocenters. The Kier molecular flexibility index (Phi) is 7.17. The summed E-state index contributed by atoms with van der Waals surface area (Å²) in [5.74, 6) is -2.92. The molecule has 0 fully saturated rings. The van der Waals surface area contributed by atoms with Crippen LogP contribution in [0, 0.1) is 5.82 Å². The summed E-state index contributed by atoms with van der Waals surface area (Å²) in [4.78, 5) is 37.7. The van der Waals surface area contributed by atoms with E-state index in [1.165, 1.54) is 41.1 Å². The van der Waals surface area contributed by atoms with Crippen LogP contribution < -0.4 is 15.5 Å². The van der Waals surface area contributed by atoms with Crippen molar-refractivity contribution in [1.82, 2.24) is 9.88 Å². The number of benzene rings is 2. The van der Waals surface area contributed by atoms with Gasteiger partial charge in [-0.2, -0.15) is 0 Å². The number of aromatic nitrogens is 1. The van der Waals surface area contributed by atoms with E-state index < -0.39 is 28.9 Å². The van der Waals surface area contributed by atoms with Crippen LogP contribution >= 0.6 is 0 Å². The zero-order chi connectivity index (χ0) is 23.1. The molecule has 1 aromatic heterocycles. The third-order valence-corrected chi connectivity index (χ3v) is 4.60. The van der Waals surface area contributed by atoms with Gasteiger partial charge in [0.25, 0.3) is 5.91 Å². The van der Waals surface area contributed by atoms with Gasteiger partial charge in [-0.3, -0.25) is 9.59 Å². The number of halogens is 1. The summed E-state index contributed by atoms with van der Waals surface area (Å²) in [6, 6.07) is 14.4. The Morgan fingerprint density at radius 1 is 1.09 bits per heavy atom. The van der Waals surface area contributed by atoms with Crippen LogP contribution in [0.15, 0.2) is 78.2 Å². The van der Waals surface area contributed by atoms with Gasteiger partial charge < -0.3 is 19.7 Å². The molecule has 3 rings (SSSR count). The number of ether oxygens (including phenoxy) is 1. The van der Waals surface area contributed by atoms with Crippen molar-refractivity contribution >= 4 is 11.9 Å². The maximum atomic E-state index is 13.1. The van der Waals surface area contributed by atoms with Gasteiger partial charge in [0.2, 0.25) is 5.43 Å². The summed E-state index contributed by atoms with van der Waals surface area (Å²) in [5.41, 5.74) is -0.128. The van der Waals surface area contributed by atoms with Gasteiger partial charge in [-0.15, -0.1) is 6.58 Å². The number of pyridine rings is 1. The number of aromatic carboxylic acids is 1. The van der Waals surface area contributed by atoms with Crippen LogP contribution in [-0.4, -0.2) is 21.6 Å². The van der Waals surface area contributed by atoms with E-state index in [1.54, 1.807) is 24.3 Å². The highest BCUT2D eigenvalue weighted by atomic mass is 19.1. The number of hydrogen-bond acceptors (Lipinski definition) is 4. The number of rotatable bonds is 9. The quantitative estimate of drug-likeness (QED) is 0.501. The molecule has 0 saturated heterocycles.